The van der Waals surface area contributed by atoms with Crippen LogP contribution in [0, 0.1) is 0 Å². The van der Waals surface area contributed by atoms with Crippen molar-refractivity contribution in [1.29, 1.82) is 0 Å². The zero-order valence-corrected chi connectivity index (χ0v) is 11.1. The van der Waals surface area contributed by atoms with Crippen LogP contribution in [0.4, 0.5) is 4.79 Å². The molecule has 0 saturated carbocycles. The number of carbonyl (C=O) groups excluding carboxylic acids is 1. The van der Waals surface area contributed by atoms with E-state index in [0.29, 0.717) is 13.1 Å². The molecule has 2 amide bonds. The van der Waals surface area contributed by atoms with Gasteiger partial charge in [-0.25, -0.2) is 9.59 Å². The van der Waals surface area contributed by atoms with E-state index >= 15 is 0 Å². The smallest absolute Gasteiger partial charge is 0.335 e. The first-order valence-corrected chi connectivity index (χ1v) is 5.97. The number of rotatable bonds is 6. The first-order valence-electron chi connectivity index (χ1n) is 5.97. The monoisotopic (exact) mass is 265 g/mol. The predicted octanol–water partition coefficient (Wildman–Crippen LogP) is 0.746. The highest BCUT2D eigenvalue weighted by atomic mass is 16.4. The minimum Gasteiger partial charge on any atom is -0.478 e. The second-order valence-corrected chi connectivity index (χ2v) is 4.41. The summed E-state index contributed by atoms with van der Waals surface area (Å²) in [4.78, 5) is 24.1. The van der Waals surface area contributed by atoms with Crippen LogP contribution >= 0.6 is 0 Å². The molecule has 6 heteroatoms. The second-order valence-electron chi connectivity index (χ2n) is 4.41. The average molecular weight is 265 g/mol. The van der Waals surface area contributed by atoms with Crippen LogP contribution in [0.3, 0.4) is 0 Å². The third kappa shape index (κ3) is 5.87. The molecule has 3 N–H and O–H groups in total. The maximum absolute atomic E-state index is 11.4. The number of nitrogens with one attached hydrogen (secondary N) is 2. The van der Waals surface area contributed by atoms with Crippen molar-refractivity contribution in [3.63, 3.8) is 0 Å². The Morgan fingerprint density at radius 1 is 1.16 bits per heavy atom. The number of hydrogen-bond donors (Lipinski definition) is 3. The van der Waals surface area contributed by atoms with Crippen molar-refractivity contribution in [2.24, 2.45) is 0 Å². The van der Waals surface area contributed by atoms with Crippen LogP contribution in [0.15, 0.2) is 24.3 Å². The van der Waals surface area contributed by atoms with Gasteiger partial charge in [0.1, 0.15) is 0 Å². The van der Waals surface area contributed by atoms with E-state index in [1.54, 1.807) is 12.1 Å². The molecule has 1 aromatic rings. The lowest BCUT2D eigenvalue weighted by molar-refractivity contribution is 0.0697. The Morgan fingerprint density at radius 2 is 1.79 bits per heavy atom. The van der Waals surface area contributed by atoms with Gasteiger partial charge in [0, 0.05) is 19.6 Å². The van der Waals surface area contributed by atoms with E-state index in [4.69, 9.17) is 5.11 Å². The van der Waals surface area contributed by atoms with Crippen LogP contribution < -0.4 is 10.6 Å². The summed E-state index contributed by atoms with van der Waals surface area (Å²) in [7, 11) is 3.87. The van der Waals surface area contributed by atoms with Crippen molar-refractivity contribution in [3.8, 4) is 0 Å². The lowest BCUT2D eigenvalue weighted by Gasteiger charge is -2.11. The number of nitrogens with zero attached hydrogens (tertiary/aromatic N) is 1. The predicted molar refractivity (Wildman–Crippen MR) is 72.2 cm³/mol. The first-order chi connectivity index (χ1) is 8.99. The molecule has 0 aliphatic rings. The van der Waals surface area contributed by atoms with Crippen molar-refractivity contribution in [2.75, 3.05) is 27.2 Å². The standard InChI is InChI=1S/C13H19N3O3/c1-16(2)8-7-14-13(19)15-9-10-3-5-11(6-4-10)12(17)18/h3-6H,7-9H2,1-2H3,(H,17,18)(H2,14,15,19). The van der Waals surface area contributed by atoms with Crippen molar-refractivity contribution >= 4 is 12.0 Å². The van der Waals surface area contributed by atoms with Gasteiger partial charge in [-0.15, -0.1) is 0 Å². The van der Waals surface area contributed by atoms with Crippen LogP contribution in [0.5, 0.6) is 0 Å². The largest absolute Gasteiger partial charge is 0.478 e. The van der Waals surface area contributed by atoms with Gasteiger partial charge in [-0.05, 0) is 31.8 Å². The number of carboxylic acid groups (broad SMARTS) is 1. The highest BCUT2D eigenvalue weighted by molar-refractivity contribution is 5.87. The number of aromatic carboxylic acids is 1. The fourth-order valence-corrected chi connectivity index (χ4v) is 1.40. The van der Waals surface area contributed by atoms with Crippen molar-refractivity contribution < 1.29 is 14.7 Å². The molecule has 0 unspecified atom stereocenters. The molecule has 0 bridgehead atoms. The lowest BCUT2D eigenvalue weighted by Crippen LogP contribution is -2.38. The fraction of sp³-hybridized carbons (Fsp3) is 0.385. The summed E-state index contributed by atoms with van der Waals surface area (Å²) < 4.78 is 0. The second kappa shape index (κ2) is 7.38. The molecule has 0 aromatic heterocycles. The topological polar surface area (TPSA) is 81.7 Å². The summed E-state index contributed by atoms with van der Waals surface area (Å²) >= 11 is 0. The molecule has 0 aliphatic carbocycles. The number of amides is 2. The highest BCUT2D eigenvalue weighted by Gasteiger charge is 2.03. The van der Waals surface area contributed by atoms with Crippen molar-refractivity contribution in [3.05, 3.63) is 35.4 Å². The van der Waals surface area contributed by atoms with Crippen LogP contribution in [0.25, 0.3) is 0 Å². The molecule has 19 heavy (non-hydrogen) atoms. The maximum atomic E-state index is 11.4. The Labute approximate surface area is 112 Å². The molecule has 0 atom stereocenters. The summed E-state index contributed by atoms with van der Waals surface area (Å²) in [6.07, 6.45) is 0. The lowest BCUT2D eigenvalue weighted by atomic mass is 10.1. The van der Waals surface area contributed by atoms with Crippen LogP contribution in [-0.4, -0.2) is 49.2 Å². The number of hydrogen-bond acceptors (Lipinski definition) is 3. The molecule has 0 fully saturated rings. The van der Waals surface area contributed by atoms with Gasteiger partial charge in [-0.2, -0.15) is 0 Å². The number of benzene rings is 1. The quantitative estimate of drug-likeness (QED) is 0.709. The molecule has 0 saturated heterocycles. The Balaban J connectivity index is 2.32. The summed E-state index contributed by atoms with van der Waals surface area (Å²) in [5.74, 6) is -0.957. The molecule has 104 valence electrons. The van der Waals surface area contributed by atoms with Gasteiger partial charge in [0.25, 0.3) is 0 Å². The average Bonchev–Trinajstić information content (AvgIpc) is 2.36. The van der Waals surface area contributed by atoms with Crippen LogP contribution in [-0.2, 0) is 6.54 Å². The Bertz CT molecular complexity index is 429. The van der Waals surface area contributed by atoms with Gasteiger partial charge < -0.3 is 20.6 Å². The fourth-order valence-electron chi connectivity index (χ4n) is 1.40. The van der Waals surface area contributed by atoms with Gasteiger partial charge in [-0.1, -0.05) is 12.1 Å². The third-order valence-corrected chi connectivity index (χ3v) is 2.50. The van der Waals surface area contributed by atoms with Gasteiger partial charge in [-0.3, -0.25) is 0 Å². The Morgan fingerprint density at radius 3 is 2.32 bits per heavy atom. The summed E-state index contributed by atoms with van der Waals surface area (Å²) in [5, 5.41) is 14.2. The van der Waals surface area contributed by atoms with Gasteiger partial charge in [0.05, 0.1) is 5.56 Å². The summed E-state index contributed by atoms with van der Waals surface area (Å²) in [6.45, 7) is 1.73. The normalized spacial score (nSPS) is 10.3. The van der Waals surface area contributed by atoms with E-state index in [2.05, 4.69) is 10.6 Å². The minimum absolute atomic E-state index is 0.232. The van der Waals surface area contributed by atoms with Gasteiger partial charge in [0.2, 0.25) is 0 Å². The first kappa shape index (κ1) is 15.0. The highest BCUT2D eigenvalue weighted by Crippen LogP contribution is 2.03. The molecule has 1 rings (SSSR count). The molecular formula is C13H19N3O3. The van der Waals surface area contributed by atoms with E-state index in [1.807, 2.05) is 19.0 Å². The number of urea groups is 1. The SMILES string of the molecule is CN(C)CCNC(=O)NCc1ccc(C(=O)O)cc1. The van der Waals surface area contributed by atoms with Crippen molar-refractivity contribution in [1.82, 2.24) is 15.5 Å². The van der Waals surface area contributed by atoms with Gasteiger partial charge in [0.15, 0.2) is 0 Å². The molecule has 0 radical (unpaired) electrons. The number of carboxylic acids is 1. The van der Waals surface area contributed by atoms with Crippen molar-refractivity contribution in [2.45, 2.75) is 6.54 Å². The Kier molecular flexibility index (Phi) is 5.81. The molecule has 0 spiro atoms. The van der Waals surface area contributed by atoms with Gasteiger partial charge >= 0.3 is 12.0 Å². The minimum atomic E-state index is -0.957. The molecule has 1 aromatic carbocycles. The molecule has 0 heterocycles. The maximum Gasteiger partial charge on any atom is 0.335 e. The van der Waals surface area contributed by atoms with E-state index in [1.165, 1.54) is 12.1 Å². The molecule has 0 aliphatic heterocycles. The summed E-state index contributed by atoms with van der Waals surface area (Å²) in [6, 6.07) is 6.17. The van der Waals surface area contributed by atoms with Crippen LogP contribution in [0.2, 0.25) is 0 Å². The van der Waals surface area contributed by atoms with E-state index in [0.717, 1.165) is 12.1 Å². The van der Waals surface area contributed by atoms with E-state index in [9.17, 15) is 9.59 Å². The zero-order chi connectivity index (χ0) is 14.3. The summed E-state index contributed by atoms with van der Waals surface area (Å²) in [5.41, 5.74) is 1.09. The van der Waals surface area contributed by atoms with Crippen LogP contribution in [0.1, 0.15) is 15.9 Å². The van der Waals surface area contributed by atoms with E-state index in [-0.39, 0.29) is 11.6 Å². The third-order valence-electron chi connectivity index (χ3n) is 2.50. The molecular weight excluding hydrogens is 246 g/mol. The Hall–Kier alpha value is -2.08. The number of likely N-dealkylation sites (N-methyl/N-ethyl adjacent to an activating group) is 1. The molecule has 6 nitrogen and oxygen atoms in total. The number of carbonyl (C=O) groups is 2. The zero-order valence-electron chi connectivity index (χ0n) is 11.1. The van der Waals surface area contributed by atoms with E-state index < -0.39 is 5.97 Å².